The van der Waals surface area contributed by atoms with Crippen molar-refractivity contribution in [1.29, 1.82) is 0 Å². The molecule has 0 spiro atoms. The molecule has 4 aromatic rings. The first-order chi connectivity index (χ1) is 15.2. The first-order valence-electron chi connectivity index (χ1n) is 10.3. The zero-order chi connectivity index (χ0) is 21.2. The van der Waals surface area contributed by atoms with Crippen LogP contribution < -0.4 is 9.64 Å². The monoisotopic (exact) mass is 417 g/mol. The Balaban J connectivity index is 1.21. The average molecular weight is 417 g/mol. The molecule has 1 aliphatic heterocycles. The number of nitrogens with zero attached hydrogens (tertiary/aromatic N) is 4. The van der Waals surface area contributed by atoms with Gasteiger partial charge < -0.3 is 24.0 Å². The van der Waals surface area contributed by atoms with Crippen LogP contribution in [0.25, 0.3) is 22.3 Å². The number of benzene rings is 2. The van der Waals surface area contributed by atoms with Crippen molar-refractivity contribution in [1.82, 2.24) is 20.0 Å². The van der Waals surface area contributed by atoms with Crippen LogP contribution in [0.2, 0.25) is 0 Å². The van der Waals surface area contributed by atoms with Crippen LogP contribution in [0.4, 0.5) is 6.01 Å². The summed E-state index contributed by atoms with van der Waals surface area (Å²) in [6, 6.07) is 16.1. The molecule has 1 amide bonds. The van der Waals surface area contributed by atoms with E-state index in [0.717, 1.165) is 27.8 Å². The Kier molecular flexibility index (Phi) is 5.03. The molecule has 0 saturated carbocycles. The second-order valence-corrected chi connectivity index (χ2v) is 7.54. The molecule has 158 valence electrons. The summed E-state index contributed by atoms with van der Waals surface area (Å²) in [5.41, 5.74) is 2.92. The summed E-state index contributed by atoms with van der Waals surface area (Å²) in [4.78, 5) is 24.5. The number of carbonyl (C=O) groups excluding carboxylic acids is 1. The second-order valence-electron chi connectivity index (χ2n) is 7.54. The number of aromatic amines is 1. The van der Waals surface area contributed by atoms with Crippen LogP contribution in [0.1, 0.15) is 5.56 Å². The predicted molar refractivity (Wildman–Crippen MR) is 117 cm³/mol. The molecular formula is C23H23N5O3. The second kappa shape index (κ2) is 8.14. The lowest BCUT2D eigenvalue weighted by atomic mass is 10.1. The SMILES string of the molecule is COc1cccc(-c2noc(N3CCN(C(=O)Cc4c[nH]c5ccccc45)CC3)n2)c1. The van der Waals surface area contributed by atoms with Crippen molar-refractivity contribution in [2.75, 3.05) is 38.2 Å². The van der Waals surface area contributed by atoms with Crippen molar-refractivity contribution >= 4 is 22.8 Å². The number of ether oxygens (including phenoxy) is 1. The van der Waals surface area contributed by atoms with E-state index in [1.807, 2.05) is 64.5 Å². The Labute approximate surface area is 179 Å². The quantitative estimate of drug-likeness (QED) is 0.537. The summed E-state index contributed by atoms with van der Waals surface area (Å²) >= 11 is 0. The number of carbonyl (C=O) groups is 1. The molecule has 8 heteroatoms. The molecule has 0 unspecified atom stereocenters. The topological polar surface area (TPSA) is 87.5 Å². The van der Waals surface area contributed by atoms with Crippen molar-refractivity contribution in [2.45, 2.75) is 6.42 Å². The first kappa shape index (κ1) is 19.2. The molecule has 1 aliphatic rings. The number of anilines is 1. The van der Waals surface area contributed by atoms with E-state index in [9.17, 15) is 4.79 Å². The Bertz CT molecular complexity index is 1210. The minimum absolute atomic E-state index is 0.131. The van der Waals surface area contributed by atoms with E-state index >= 15 is 0 Å². The number of amides is 1. The standard InChI is InChI=1S/C23H23N5O3/c1-30-18-6-4-5-16(13-18)22-25-23(31-26-22)28-11-9-27(10-12-28)21(29)14-17-15-24-20-8-3-2-7-19(17)20/h2-8,13,15,24H,9-12,14H2,1H3. The Morgan fingerprint density at radius 3 is 2.81 bits per heavy atom. The van der Waals surface area contributed by atoms with Crippen LogP contribution in [0, 0.1) is 0 Å². The highest BCUT2D eigenvalue weighted by Gasteiger charge is 2.25. The highest BCUT2D eigenvalue weighted by atomic mass is 16.5. The van der Waals surface area contributed by atoms with Gasteiger partial charge in [0, 0.05) is 48.8 Å². The van der Waals surface area contributed by atoms with E-state index in [2.05, 4.69) is 15.1 Å². The van der Waals surface area contributed by atoms with E-state index in [0.29, 0.717) is 44.4 Å². The fourth-order valence-corrected chi connectivity index (χ4v) is 3.92. The molecule has 5 rings (SSSR count). The highest BCUT2D eigenvalue weighted by Crippen LogP contribution is 2.24. The molecule has 0 radical (unpaired) electrons. The molecule has 31 heavy (non-hydrogen) atoms. The van der Waals surface area contributed by atoms with Crippen LogP contribution in [-0.4, -0.2) is 59.2 Å². The van der Waals surface area contributed by atoms with E-state index in [4.69, 9.17) is 9.26 Å². The maximum atomic E-state index is 12.8. The first-order valence-corrected chi connectivity index (χ1v) is 10.3. The third-order valence-electron chi connectivity index (χ3n) is 5.66. The van der Waals surface area contributed by atoms with Gasteiger partial charge in [0.25, 0.3) is 0 Å². The van der Waals surface area contributed by atoms with Crippen molar-refractivity contribution in [2.24, 2.45) is 0 Å². The van der Waals surface area contributed by atoms with Gasteiger partial charge in [-0.05, 0) is 23.8 Å². The van der Waals surface area contributed by atoms with E-state index in [-0.39, 0.29) is 5.91 Å². The van der Waals surface area contributed by atoms with Crippen molar-refractivity contribution < 1.29 is 14.1 Å². The number of hydrogen-bond acceptors (Lipinski definition) is 6. The number of methoxy groups -OCH3 is 1. The molecule has 0 bridgehead atoms. The molecule has 1 saturated heterocycles. The molecule has 2 aromatic heterocycles. The summed E-state index contributed by atoms with van der Waals surface area (Å²) < 4.78 is 10.7. The number of rotatable bonds is 5. The van der Waals surface area contributed by atoms with Crippen molar-refractivity contribution in [3.8, 4) is 17.1 Å². The molecule has 0 aliphatic carbocycles. The maximum Gasteiger partial charge on any atom is 0.324 e. The van der Waals surface area contributed by atoms with Crippen LogP contribution in [0.15, 0.2) is 59.3 Å². The number of piperazine rings is 1. The van der Waals surface area contributed by atoms with Gasteiger partial charge in [0.2, 0.25) is 11.7 Å². The number of para-hydroxylation sites is 1. The molecule has 1 fully saturated rings. The van der Waals surface area contributed by atoms with Crippen LogP contribution in [-0.2, 0) is 11.2 Å². The summed E-state index contributed by atoms with van der Waals surface area (Å²) in [5, 5.41) is 5.20. The van der Waals surface area contributed by atoms with Gasteiger partial charge in [-0.2, -0.15) is 4.98 Å². The maximum absolute atomic E-state index is 12.8. The number of fused-ring (bicyclic) bond motifs is 1. The molecule has 8 nitrogen and oxygen atoms in total. The smallest absolute Gasteiger partial charge is 0.324 e. The molecule has 3 heterocycles. The number of nitrogens with one attached hydrogen (secondary N) is 1. The van der Waals surface area contributed by atoms with E-state index in [1.54, 1.807) is 7.11 Å². The molecule has 2 aromatic carbocycles. The number of hydrogen-bond donors (Lipinski definition) is 1. The Morgan fingerprint density at radius 1 is 1.13 bits per heavy atom. The predicted octanol–water partition coefficient (Wildman–Crippen LogP) is 3.12. The lowest BCUT2D eigenvalue weighted by Gasteiger charge is -2.33. The third kappa shape index (κ3) is 3.84. The molecule has 1 N–H and O–H groups in total. The van der Waals surface area contributed by atoms with Crippen LogP contribution >= 0.6 is 0 Å². The van der Waals surface area contributed by atoms with Gasteiger partial charge in [-0.15, -0.1) is 0 Å². The Morgan fingerprint density at radius 2 is 1.97 bits per heavy atom. The third-order valence-corrected chi connectivity index (χ3v) is 5.66. The summed E-state index contributed by atoms with van der Waals surface area (Å²) in [5.74, 6) is 1.39. The minimum Gasteiger partial charge on any atom is -0.497 e. The number of aromatic nitrogens is 3. The summed E-state index contributed by atoms with van der Waals surface area (Å²) in [6.45, 7) is 2.55. The van der Waals surface area contributed by atoms with E-state index in [1.165, 1.54) is 0 Å². The molecular weight excluding hydrogens is 394 g/mol. The van der Waals surface area contributed by atoms with Gasteiger partial charge in [0.15, 0.2) is 0 Å². The average Bonchev–Trinajstić information content (AvgIpc) is 3.47. The van der Waals surface area contributed by atoms with Gasteiger partial charge in [0.05, 0.1) is 13.5 Å². The van der Waals surface area contributed by atoms with Crippen molar-refractivity contribution in [3.63, 3.8) is 0 Å². The van der Waals surface area contributed by atoms with Gasteiger partial charge in [-0.3, -0.25) is 4.79 Å². The van der Waals surface area contributed by atoms with Gasteiger partial charge in [0.1, 0.15) is 5.75 Å². The van der Waals surface area contributed by atoms with Crippen LogP contribution in [0.3, 0.4) is 0 Å². The van der Waals surface area contributed by atoms with Gasteiger partial charge in [-0.1, -0.05) is 35.5 Å². The highest BCUT2D eigenvalue weighted by molar-refractivity contribution is 5.89. The zero-order valence-corrected chi connectivity index (χ0v) is 17.2. The normalized spacial score (nSPS) is 14.2. The fourth-order valence-electron chi connectivity index (χ4n) is 3.92. The van der Waals surface area contributed by atoms with E-state index < -0.39 is 0 Å². The zero-order valence-electron chi connectivity index (χ0n) is 17.2. The largest absolute Gasteiger partial charge is 0.497 e. The lowest BCUT2D eigenvalue weighted by Crippen LogP contribution is -2.49. The van der Waals surface area contributed by atoms with Gasteiger partial charge in [-0.25, -0.2) is 0 Å². The summed E-state index contributed by atoms with van der Waals surface area (Å²) in [7, 11) is 1.63. The molecule has 0 atom stereocenters. The van der Waals surface area contributed by atoms with Crippen LogP contribution in [0.5, 0.6) is 5.75 Å². The summed E-state index contributed by atoms with van der Waals surface area (Å²) in [6.07, 6.45) is 2.32. The lowest BCUT2D eigenvalue weighted by molar-refractivity contribution is -0.130. The fraction of sp³-hybridized carbons (Fsp3) is 0.261. The van der Waals surface area contributed by atoms with Gasteiger partial charge >= 0.3 is 6.01 Å². The number of H-pyrrole nitrogens is 1. The Hall–Kier alpha value is -3.81. The van der Waals surface area contributed by atoms with Crippen molar-refractivity contribution in [3.05, 3.63) is 60.3 Å². The minimum atomic E-state index is 0.131.